The molecule has 0 saturated heterocycles. The van der Waals surface area contributed by atoms with E-state index >= 15 is 0 Å². The highest BCUT2D eigenvalue weighted by atomic mass is 35.5. The number of rotatable bonds is 4. The molecule has 96 valence electrons. The molecule has 1 aromatic rings. The molecule has 5 nitrogen and oxygen atoms in total. The van der Waals surface area contributed by atoms with Crippen LogP contribution >= 0.6 is 11.6 Å². The molecule has 1 heterocycles. The Balaban J connectivity index is 3.08. The molecule has 0 aromatic carbocycles. The van der Waals surface area contributed by atoms with Crippen LogP contribution in [-0.2, 0) is 4.79 Å². The van der Waals surface area contributed by atoms with Gasteiger partial charge in [-0.25, -0.2) is 9.78 Å². The number of aliphatic carboxylic acids is 1. The maximum atomic E-state index is 11.1. The average Bonchev–Trinajstić information content (AvgIpc) is 2.28. The smallest absolute Gasteiger partial charge is 0.326 e. The second kappa shape index (κ2) is 5.69. The lowest BCUT2D eigenvalue weighted by Gasteiger charge is -2.19. The number of pyridine rings is 1. The summed E-state index contributed by atoms with van der Waals surface area (Å²) in [5.41, 5.74) is 0.888. The second-order valence-electron chi connectivity index (χ2n) is 4.27. The Morgan fingerprint density at radius 2 is 2.22 bits per heavy atom. The Morgan fingerprint density at radius 1 is 1.61 bits per heavy atom. The molecule has 6 heteroatoms. The van der Waals surface area contributed by atoms with Crippen LogP contribution in [-0.4, -0.2) is 22.1 Å². The van der Waals surface area contributed by atoms with Crippen LogP contribution in [0.25, 0.3) is 0 Å². The van der Waals surface area contributed by atoms with Gasteiger partial charge in [0.15, 0.2) is 0 Å². The molecule has 1 aromatic heterocycles. The number of nitrogens with zero attached hydrogens (tertiary/aromatic N) is 2. The molecule has 0 fully saturated rings. The molecule has 18 heavy (non-hydrogen) atoms. The van der Waals surface area contributed by atoms with Gasteiger partial charge in [-0.3, -0.25) is 0 Å². The van der Waals surface area contributed by atoms with Crippen molar-refractivity contribution >= 4 is 23.4 Å². The van der Waals surface area contributed by atoms with Crippen LogP contribution in [0.4, 0.5) is 5.82 Å². The molecule has 0 spiro atoms. The summed E-state index contributed by atoms with van der Waals surface area (Å²) in [6, 6.07) is 2.67. The minimum Gasteiger partial charge on any atom is -0.480 e. The van der Waals surface area contributed by atoms with Crippen LogP contribution in [0.1, 0.15) is 25.1 Å². The number of carbonyl (C=O) groups is 1. The zero-order chi connectivity index (χ0) is 13.9. The molecular weight excluding hydrogens is 254 g/mol. The third-order valence-corrected chi connectivity index (χ3v) is 2.80. The fraction of sp³-hybridized carbons (Fsp3) is 0.417. The van der Waals surface area contributed by atoms with Crippen molar-refractivity contribution < 1.29 is 9.90 Å². The molecule has 1 rings (SSSR count). The first kappa shape index (κ1) is 14.3. The topological polar surface area (TPSA) is 86.0 Å². The van der Waals surface area contributed by atoms with Gasteiger partial charge in [-0.1, -0.05) is 25.4 Å². The molecule has 2 N–H and O–H groups in total. The van der Waals surface area contributed by atoms with Gasteiger partial charge >= 0.3 is 5.97 Å². The van der Waals surface area contributed by atoms with Crippen LogP contribution in [0.5, 0.6) is 0 Å². The maximum Gasteiger partial charge on any atom is 0.326 e. The van der Waals surface area contributed by atoms with Crippen LogP contribution in [0, 0.1) is 24.2 Å². The molecule has 0 saturated carbocycles. The highest BCUT2D eigenvalue weighted by Crippen LogP contribution is 2.24. The van der Waals surface area contributed by atoms with E-state index in [9.17, 15) is 4.79 Å². The molecule has 0 radical (unpaired) electrons. The van der Waals surface area contributed by atoms with E-state index in [0.717, 1.165) is 0 Å². The van der Waals surface area contributed by atoms with Crippen molar-refractivity contribution in [2.75, 3.05) is 5.32 Å². The number of anilines is 1. The summed E-state index contributed by atoms with van der Waals surface area (Å²) in [7, 11) is 0. The van der Waals surface area contributed by atoms with E-state index < -0.39 is 12.0 Å². The first-order valence-corrected chi connectivity index (χ1v) is 5.81. The number of carboxylic acids is 1. The molecular formula is C12H14ClN3O2. The van der Waals surface area contributed by atoms with Crippen LogP contribution < -0.4 is 5.32 Å². The predicted octanol–water partition coefficient (Wildman–Crippen LogP) is 2.44. The third kappa shape index (κ3) is 3.11. The predicted molar refractivity (Wildman–Crippen MR) is 68.6 cm³/mol. The van der Waals surface area contributed by atoms with Crippen molar-refractivity contribution in [3.8, 4) is 6.07 Å². The normalized spacial score (nSPS) is 12.0. The lowest BCUT2D eigenvalue weighted by Crippen LogP contribution is -2.34. The Bertz CT molecular complexity index is 509. The van der Waals surface area contributed by atoms with Crippen LogP contribution in [0.15, 0.2) is 6.07 Å². The SMILES string of the molecule is Cc1nc(N[C@H](C(=O)O)C(C)C)c(Cl)cc1C#N. The largest absolute Gasteiger partial charge is 0.480 e. The zero-order valence-electron chi connectivity index (χ0n) is 10.4. The Labute approximate surface area is 110 Å². The van der Waals surface area contributed by atoms with Gasteiger partial charge in [0, 0.05) is 0 Å². The number of aryl methyl sites for hydroxylation is 1. The quantitative estimate of drug-likeness (QED) is 0.875. The second-order valence-corrected chi connectivity index (χ2v) is 4.68. The van der Waals surface area contributed by atoms with Gasteiger partial charge < -0.3 is 10.4 Å². The highest BCUT2D eigenvalue weighted by Gasteiger charge is 2.23. The van der Waals surface area contributed by atoms with Gasteiger partial charge in [0.2, 0.25) is 0 Å². The first-order chi connectivity index (χ1) is 8.36. The number of aromatic nitrogens is 1. The Morgan fingerprint density at radius 3 is 2.67 bits per heavy atom. The van der Waals surface area contributed by atoms with Gasteiger partial charge in [0.1, 0.15) is 17.9 Å². The van der Waals surface area contributed by atoms with E-state index in [0.29, 0.717) is 11.3 Å². The maximum absolute atomic E-state index is 11.1. The summed E-state index contributed by atoms with van der Waals surface area (Å²) < 4.78 is 0. The summed E-state index contributed by atoms with van der Waals surface area (Å²) in [6.45, 7) is 5.25. The fourth-order valence-corrected chi connectivity index (χ4v) is 1.66. The lowest BCUT2D eigenvalue weighted by atomic mass is 10.0. The van der Waals surface area contributed by atoms with Gasteiger partial charge in [0.25, 0.3) is 0 Å². The molecule has 0 aliphatic carbocycles. The minimum absolute atomic E-state index is 0.115. The van der Waals surface area contributed by atoms with Gasteiger partial charge in [-0.15, -0.1) is 0 Å². The monoisotopic (exact) mass is 267 g/mol. The lowest BCUT2D eigenvalue weighted by molar-refractivity contribution is -0.138. The van der Waals surface area contributed by atoms with Crippen molar-refractivity contribution in [1.29, 1.82) is 5.26 Å². The Kier molecular flexibility index (Phi) is 4.51. The molecule has 0 aliphatic heterocycles. The number of hydrogen-bond acceptors (Lipinski definition) is 4. The summed E-state index contributed by atoms with van der Waals surface area (Å²) in [6.07, 6.45) is 0. The van der Waals surface area contributed by atoms with Gasteiger partial charge in [-0.2, -0.15) is 5.26 Å². The van der Waals surface area contributed by atoms with Crippen molar-refractivity contribution in [3.63, 3.8) is 0 Å². The third-order valence-electron chi connectivity index (χ3n) is 2.51. The highest BCUT2D eigenvalue weighted by molar-refractivity contribution is 6.33. The standard InChI is InChI=1S/C12H14ClN3O2/c1-6(2)10(12(17)18)16-11-9(13)4-8(5-14)7(3)15-11/h4,6,10H,1-3H3,(H,15,16)(H,17,18)/t10-/m0/s1. The summed E-state index contributed by atoms with van der Waals surface area (Å²) in [5.74, 6) is -0.796. The van der Waals surface area contributed by atoms with Crippen molar-refractivity contribution in [3.05, 3.63) is 22.3 Å². The van der Waals surface area contributed by atoms with Crippen LogP contribution in [0.3, 0.4) is 0 Å². The minimum atomic E-state index is -0.968. The van der Waals surface area contributed by atoms with Gasteiger partial charge in [0.05, 0.1) is 16.3 Å². The van der Waals surface area contributed by atoms with E-state index in [1.54, 1.807) is 20.8 Å². The van der Waals surface area contributed by atoms with Crippen molar-refractivity contribution in [2.45, 2.75) is 26.8 Å². The first-order valence-electron chi connectivity index (χ1n) is 5.43. The zero-order valence-corrected chi connectivity index (χ0v) is 11.1. The van der Waals surface area contributed by atoms with E-state index in [1.807, 2.05) is 6.07 Å². The molecule has 0 aliphatic rings. The summed E-state index contributed by atoms with van der Waals surface area (Å²) >= 11 is 5.96. The molecule has 0 unspecified atom stereocenters. The van der Waals surface area contributed by atoms with Crippen molar-refractivity contribution in [2.24, 2.45) is 5.92 Å². The number of nitriles is 1. The van der Waals surface area contributed by atoms with E-state index in [2.05, 4.69) is 10.3 Å². The average molecular weight is 268 g/mol. The number of nitrogens with one attached hydrogen (secondary N) is 1. The van der Waals surface area contributed by atoms with Crippen molar-refractivity contribution in [1.82, 2.24) is 4.98 Å². The molecule has 0 bridgehead atoms. The molecule has 0 amide bonds. The fourth-order valence-electron chi connectivity index (χ4n) is 1.46. The number of carboxylic acid groups (broad SMARTS) is 1. The number of hydrogen-bond donors (Lipinski definition) is 2. The van der Waals surface area contributed by atoms with E-state index in [4.69, 9.17) is 22.0 Å². The van der Waals surface area contributed by atoms with Gasteiger partial charge in [-0.05, 0) is 18.9 Å². The molecule has 1 atom stereocenters. The number of halogens is 1. The van der Waals surface area contributed by atoms with Crippen LogP contribution in [0.2, 0.25) is 5.02 Å². The Hall–Kier alpha value is -1.80. The van der Waals surface area contributed by atoms with E-state index in [1.165, 1.54) is 6.07 Å². The summed E-state index contributed by atoms with van der Waals surface area (Å²) in [5, 5.41) is 20.9. The summed E-state index contributed by atoms with van der Waals surface area (Å²) in [4.78, 5) is 15.2. The van der Waals surface area contributed by atoms with E-state index in [-0.39, 0.29) is 16.8 Å².